The molecule has 1 aliphatic rings. The van der Waals surface area contributed by atoms with Crippen LogP contribution in [0, 0.1) is 0 Å². The summed E-state index contributed by atoms with van der Waals surface area (Å²) in [5.41, 5.74) is 7.90. The molecule has 1 aromatic heterocycles. The predicted octanol–water partition coefficient (Wildman–Crippen LogP) is 2.02. The maximum atomic E-state index is 11.8. The lowest BCUT2D eigenvalue weighted by Crippen LogP contribution is -2.17. The van der Waals surface area contributed by atoms with Crippen molar-refractivity contribution in [2.24, 2.45) is 0 Å². The van der Waals surface area contributed by atoms with Gasteiger partial charge < -0.3 is 21.1 Å². The molecule has 0 radical (unpaired) electrons. The zero-order valence-electron chi connectivity index (χ0n) is 11.4. The van der Waals surface area contributed by atoms with E-state index in [1.165, 1.54) is 11.3 Å². The number of rotatable bonds is 7. The number of anilines is 2. The van der Waals surface area contributed by atoms with Crippen LogP contribution in [0.25, 0.3) is 0 Å². The van der Waals surface area contributed by atoms with Gasteiger partial charge in [-0.15, -0.1) is 11.3 Å². The van der Waals surface area contributed by atoms with Crippen LogP contribution in [-0.4, -0.2) is 32.7 Å². The molecule has 0 bridgehead atoms. The second-order valence-electron chi connectivity index (χ2n) is 4.56. The molecule has 1 fully saturated rings. The van der Waals surface area contributed by atoms with E-state index in [4.69, 9.17) is 10.5 Å². The quantitative estimate of drug-likeness (QED) is 0.669. The van der Waals surface area contributed by atoms with Crippen molar-refractivity contribution >= 4 is 27.9 Å². The summed E-state index contributed by atoms with van der Waals surface area (Å²) < 4.78 is 5.31. The van der Waals surface area contributed by atoms with Gasteiger partial charge in [0.05, 0.1) is 17.3 Å². The Kier molecular flexibility index (Phi) is 4.66. The first-order chi connectivity index (χ1) is 9.19. The third kappa shape index (κ3) is 3.19. The molecule has 19 heavy (non-hydrogen) atoms. The number of hydrogen-bond acceptors (Lipinski definition) is 5. The normalized spacial score (nSPS) is 14.4. The molecule has 2 rings (SSSR count). The Morgan fingerprint density at radius 2 is 2.26 bits per heavy atom. The molecule has 1 amide bonds. The topological polar surface area (TPSA) is 76.4 Å². The average molecular weight is 283 g/mol. The molecule has 1 heterocycles. The highest BCUT2D eigenvalue weighted by molar-refractivity contribution is 7.18. The molecule has 0 atom stereocenters. The van der Waals surface area contributed by atoms with Crippen LogP contribution >= 0.6 is 11.3 Å². The Hall–Kier alpha value is -1.27. The summed E-state index contributed by atoms with van der Waals surface area (Å²) in [6, 6.07) is 0. The van der Waals surface area contributed by atoms with E-state index in [1.807, 2.05) is 6.92 Å². The summed E-state index contributed by atoms with van der Waals surface area (Å²) in [6.07, 6.45) is 2.32. The standard InChI is InChI=1S/C13H21N3O2S/c1-3-18-7-6-16-13-9(8-4-5-8)10(14)11(19-13)12(17)15-2/h8,16H,3-7,14H2,1-2H3,(H,15,17). The summed E-state index contributed by atoms with van der Waals surface area (Å²) in [5, 5.41) is 7.01. The molecule has 0 aliphatic heterocycles. The third-order valence-corrected chi connectivity index (χ3v) is 4.32. The molecule has 0 spiro atoms. The highest BCUT2D eigenvalue weighted by Gasteiger charge is 2.32. The first-order valence-electron chi connectivity index (χ1n) is 6.64. The lowest BCUT2D eigenvalue weighted by Gasteiger charge is -2.07. The van der Waals surface area contributed by atoms with E-state index in [0.717, 1.165) is 30.0 Å². The molecule has 1 aliphatic carbocycles. The van der Waals surface area contributed by atoms with Gasteiger partial charge in [-0.05, 0) is 25.7 Å². The Balaban J connectivity index is 2.14. The SMILES string of the molecule is CCOCCNc1sc(C(=O)NC)c(N)c1C1CC1. The first kappa shape index (κ1) is 14.1. The van der Waals surface area contributed by atoms with E-state index in [1.54, 1.807) is 7.05 Å². The van der Waals surface area contributed by atoms with Gasteiger partial charge in [-0.1, -0.05) is 0 Å². The molecule has 1 saturated carbocycles. The van der Waals surface area contributed by atoms with Gasteiger partial charge >= 0.3 is 0 Å². The first-order valence-corrected chi connectivity index (χ1v) is 7.46. The monoisotopic (exact) mass is 283 g/mol. The molecule has 1 aromatic rings. The summed E-state index contributed by atoms with van der Waals surface area (Å²) in [6.45, 7) is 4.09. The molecule has 0 unspecified atom stereocenters. The van der Waals surface area contributed by atoms with Crippen molar-refractivity contribution in [3.05, 3.63) is 10.4 Å². The van der Waals surface area contributed by atoms with Crippen molar-refractivity contribution in [2.75, 3.05) is 37.9 Å². The number of carbonyl (C=O) groups excluding carboxylic acids is 1. The molecule has 5 nitrogen and oxygen atoms in total. The van der Waals surface area contributed by atoms with E-state index < -0.39 is 0 Å². The van der Waals surface area contributed by atoms with Crippen molar-refractivity contribution in [1.29, 1.82) is 0 Å². The maximum Gasteiger partial charge on any atom is 0.263 e. The van der Waals surface area contributed by atoms with Gasteiger partial charge in [-0.25, -0.2) is 0 Å². The van der Waals surface area contributed by atoms with Crippen LogP contribution in [0.4, 0.5) is 10.7 Å². The second-order valence-corrected chi connectivity index (χ2v) is 5.59. The minimum Gasteiger partial charge on any atom is -0.397 e. The van der Waals surface area contributed by atoms with Gasteiger partial charge in [-0.2, -0.15) is 0 Å². The van der Waals surface area contributed by atoms with Crippen molar-refractivity contribution in [3.63, 3.8) is 0 Å². The second kappa shape index (κ2) is 6.25. The average Bonchev–Trinajstić information content (AvgIpc) is 3.19. The zero-order chi connectivity index (χ0) is 13.8. The van der Waals surface area contributed by atoms with Crippen LogP contribution in [0.15, 0.2) is 0 Å². The summed E-state index contributed by atoms with van der Waals surface area (Å²) >= 11 is 1.44. The number of nitrogens with two attached hydrogens (primary N) is 1. The Labute approximate surface area is 117 Å². The Morgan fingerprint density at radius 3 is 2.84 bits per heavy atom. The van der Waals surface area contributed by atoms with Gasteiger partial charge in [0.25, 0.3) is 5.91 Å². The lowest BCUT2D eigenvalue weighted by molar-refractivity contribution is 0.0968. The van der Waals surface area contributed by atoms with Crippen LogP contribution in [-0.2, 0) is 4.74 Å². The van der Waals surface area contributed by atoms with Crippen molar-refractivity contribution in [2.45, 2.75) is 25.7 Å². The number of carbonyl (C=O) groups is 1. The largest absolute Gasteiger partial charge is 0.397 e. The molecule has 4 N–H and O–H groups in total. The Morgan fingerprint density at radius 1 is 1.53 bits per heavy atom. The van der Waals surface area contributed by atoms with Gasteiger partial charge in [0.1, 0.15) is 4.88 Å². The van der Waals surface area contributed by atoms with E-state index in [9.17, 15) is 4.79 Å². The smallest absolute Gasteiger partial charge is 0.263 e. The fourth-order valence-corrected chi connectivity index (χ4v) is 3.21. The lowest BCUT2D eigenvalue weighted by atomic mass is 10.1. The third-order valence-electron chi connectivity index (χ3n) is 3.14. The van der Waals surface area contributed by atoms with E-state index in [0.29, 0.717) is 29.7 Å². The zero-order valence-corrected chi connectivity index (χ0v) is 12.2. The van der Waals surface area contributed by atoms with E-state index in [-0.39, 0.29) is 5.91 Å². The molecular formula is C13H21N3O2S. The molecule has 6 heteroatoms. The minimum atomic E-state index is -0.109. The maximum absolute atomic E-state index is 11.8. The van der Waals surface area contributed by atoms with Crippen molar-refractivity contribution < 1.29 is 9.53 Å². The summed E-state index contributed by atoms with van der Waals surface area (Å²) in [7, 11) is 1.63. The highest BCUT2D eigenvalue weighted by Crippen LogP contribution is 2.50. The van der Waals surface area contributed by atoms with Crippen LogP contribution in [0.5, 0.6) is 0 Å². The van der Waals surface area contributed by atoms with Crippen LogP contribution < -0.4 is 16.4 Å². The highest BCUT2D eigenvalue weighted by atomic mass is 32.1. The van der Waals surface area contributed by atoms with Gasteiger partial charge in [-0.3, -0.25) is 4.79 Å². The van der Waals surface area contributed by atoms with Gasteiger partial charge in [0.2, 0.25) is 0 Å². The summed E-state index contributed by atoms with van der Waals surface area (Å²) in [5.74, 6) is 0.409. The number of hydrogen-bond donors (Lipinski definition) is 3. The van der Waals surface area contributed by atoms with E-state index >= 15 is 0 Å². The predicted molar refractivity (Wildman–Crippen MR) is 79.1 cm³/mol. The number of nitrogen functional groups attached to an aromatic ring is 1. The number of thiophene rings is 1. The van der Waals surface area contributed by atoms with Crippen LogP contribution in [0.2, 0.25) is 0 Å². The van der Waals surface area contributed by atoms with Gasteiger partial charge in [0, 0.05) is 25.8 Å². The van der Waals surface area contributed by atoms with Crippen LogP contribution in [0.3, 0.4) is 0 Å². The van der Waals surface area contributed by atoms with Crippen LogP contribution in [0.1, 0.15) is 40.9 Å². The fourth-order valence-electron chi connectivity index (χ4n) is 2.03. The minimum absolute atomic E-state index is 0.109. The number of amides is 1. The molecule has 0 saturated heterocycles. The summed E-state index contributed by atoms with van der Waals surface area (Å²) in [4.78, 5) is 12.4. The van der Waals surface area contributed by atoms with Crippen molar-refractivity contribution in [3.8, 4) is 0 Å². The number of nitrogens with one attached hydrogen (secondary N) is 2. The number of ether oxygens (including phenoxy) is 1. The molecule has 0 aromatic carbocycles. The molecule has 106 valence electrons. The van der Waals surface area contributed by atoms with Gasteiger partial charge in [0.15, 0.2) is 0 Å². The Bertz CT molecular complexity index is 455. The van der Waals surface area contributed by atoms with Crippen molar-refractivity contribution in [1.82, 2.24) is 5.32 Å². The fraction of sp³-hybridized carbons (Fsp3) is 0.615. The van der Waals surface area contributed by atoms with E-state index in [2.05, 4.69) is 10.6 Å². The molecular weight excluding hydrogens is 262 g/mol.